The van der Waals surface area contributed by atoms with Crippen LogP contribution < -0.4 is 15.4 Å². The number of halogens is 1. The summed E-state index contributed by atoms with van der Waals surface area (Å²) in [6.45, 7) is 4.04. The molecule has 1 aliphatic heterocycles. The third-order valence-electron chi connectivity index (χ3n) is 5.19. The molecule has 2 aromatic carbocycles. The van der Waals surface area contributed by atoms with Crippen LogP contribution in [0.4, 0.5) is 15.8 Å². The summed E-state index contributed by atoms with van der Waals surface area (Å²) in [5.74, 6) is -0.853. The lowest BCUT2D eigenvalue weighted by Gasteiger charge is -2.37. The van der Waals surface area contributed by atoms with Gasteiger partial charge in [0.1, 0.15) is 5.82 Å². The van der Waals surface area contributed by atoms with Crippen LogP contribution in [0.2, 0.25) is 0 Å². The van der Waals surface area contributed by atoms with Crippen LogP contribution in [0.25, 0.3) is 5.69 Å². The molecule has 31 heavy (non-hydrogen) atoms. The molecule has 2 heterocycles. The number of carbonyl (C=O) groups excluding carboxylic acids is 1. The van der Waals surface area contributed by atoms with Crippen LogP contribution in [0.3, 0.4) is 0 Å². The second-order valence-corrected chi connectivity index (χ2v) is 7.11. The SMILES string of the molecule is CCOC(=O)c1nn(-c2ccccc2)c(=O)cc1N1CCN(c2ccccc2F)CC1. The number of para-hydroxylation sites is 2. The Hall–Kier alpha value is -3.68. The molecule has 0 aliphatic carbocycles. The van der Waals surface area contributed by atoms with Gasteiger partial charge in [-0.2, -0.15) is 9.78 Å². The largest absolute Gasteiger partial charge is 0.461 e. The van der Waals surface area contributed by atoms with Gasteiger partial charge >= 0.3 is 5.97 Å². The molecule has 7 nitrogen and oxygen atoms in total. The number of nitrogens with zero attached hydrogens (tertiary/aromatic N) is 4. The summed E-state index contributed by atoms with van der Waals surface area (Å²) in [6.07, 6.45) is 0. The van der Waals surface area contributed by atoms with E-state index in [-0.39, 0.29) is 23.7 Å². The van der Waals surface area contributed by atoms with Crippen molar-refractivity contribution in [2.24, 2.45) is 0 Å². The first-order valence-corrected chi connectivity index (χ1v) is 10.2. The van der Waals surface area contributed by atoms with E-state index in [9.17, 15) is 14.0 Å². The summed E-state index contributed by atoms with van der Waals surface area (Å²) < 4.78 is 20.5. The van der Waals surface area contributed by atoms with Crippen molar-refractivity contribution in [2.75, 3.05) is 42.6 Å². The summed E-state index contributed by atoms with van der Waals surface area (Å²) in [7, 11) is 0. The summed E-state index contributed by atoms with van der Waals surface area (Å²) in [5, 5.41) is 4.34. The molecule has 0 radical (unpaired) electrons. The maximum Gasteiger partial charge on any atom is 0.360 e. The molecule has 0 amide bonds. The predicted octanol–water partition coefficient (Wildman–Crippen LogP) is 2.87. The van der Waals surface area contributed by atoms with E-state index in [0.717, 1.165) is 0 Å². The Morgan fingerprint density at radius 1 is 0.968 bits per heavy atom. The number of esters is 1. The standard InChI is InChI=1S/C23H23FN4O3/c1-2-31-23(30)22-20(16-21(29)28(25-22)17-8-4-3-5-9-17)27-14-12-26(13-15-27)19-11-7-6-10-18(19)24/h3-11,16H,2,12-15H2,1H3. The monoisotopic (exact) mass is 422 g/mol. The number of ether oxygens (including phenoxy) is 1. The van der Waals surface area contributed by atoms with Crippen molar-refractivity contribution in [1.29, 1.82) is 0 Å². The fourth-order valence-corrected chi connectivity index (χ4v) is 3.68. The maximum absolute atomic E-state index is 14.1. The smallest absolute Gasteiger partial charge is 0.360 e. The van der Waals surface area contributed by atoms with Gasteiger partial charge in [-0.25, -0.2) is 9.18 Å². The van der Waals surface area contributed by atoms with E-state index in [4.69, 9.17) is 4.74 Å². The van der Waals surface area contributed by atoms with Gasteiger partial charge in [0.15, 0.2) is 5.69 Å². The Morgan fingerprint density at radius 2 is 1.58 bits per heavy atom. The minimum absolute atomic E-state index is 0.0876. The van der Waals surface area contributed by atoms with Gasteiger partial charge in [-0.15, -0.1) is 0 Å². The molecule has 8 heteroatoms. The average Bonchev–Trinajstić information content (AvgIpc) is 2.80. The average molecular weight is 422 g/mol. The number of carbonyl (C=O) groups is 1. The predicted molar refractivity (Wildman–Crippen MR) is 117 cm³/mol. The summed E-state index contributed by atoms with van der Waals surface area (Å²) in [5.41, 5.74) is 1.29. The zero-order valence-corrected chi connectivity index (χ0v) is 17.2. The molecule has 4 rings (SSSR count). The van der Waals surface area contributed by atoms with Gasteiger partial charge in [0, 0.05) is 32.2 Å². The molecule has 0 unspecified atom stereocenters. The molecule has 0 bridgehead atoms. The van der Waals surface area contributed by atoms with Gasteiger partial charge in [0.05, 0.1) is 23.7 Å². The first-order chi connectivity index (χ1) is 15.1. The molecular formula is C23H23FN4O3. The highest BCUT2D eigenvalue weighted by Crippen LogP contribution is 2.24. The summed E-state index contributed by atoms with van der Waals surface area (Å²) in [4.78, 5) is 29.3. The molecule has 0 atom stereocenters. The van der Waals surface area contributed by atoms with Crippen molar-refractivity contribution >= 4 is 17.3 Å². The zero-order chi connectivity index (χ0) is 21.8. The molecule has 1 aromatic heterocycles. The van der Waals surface area contributed by atoms with E-state index in [0.29, 0.717) is 43.2 Å². The molecular weight excluding hydrogens is 399 g/mol. The molecule has 1 fully saturated rings. The number of hydrogen-bond donors (Lipinski definition) is 0. The second-order valence-electron chi connectivity index (χ2n) is 7.11. The van der Waals surface area contributed by atoms with Crippen LogP contribution in [-0.2, 0) is 4.74 Å². The fourth-order valence-electron chi connectivity index (χ4n) is 3.68. The van der Waals surface area contributed by atoms with Gasteiger partial charge in [-0.05, 0) is 31.2 Å². The summed E-state index contributed by atoms with van der Waals surface area (Å²) in [6, 6.07) is 17.0. The fraction of sp³-hybridized carbons (Fsp3) is 0.261. The van der Waals surface area contributed by atoms with Crippen molar-refractivity contribution < 1.29 is 13.9 Å². The van der Waals surface area contributed by atoms with Crippen LogP contribution in [0, 0.1) is 5.82 Å². The van der Waals surface area contributed by atoms with Crippen LogP contribution in [-0.4, -0.2) is 48.5 Å². The highest BCUT2D eigenvalue weighted by atomic mass is 19.1. The molecule has 160 valence electrons. The Balaban J connectivity index is 1.65. The Morgan fingerprint density at radius 3 is 2.23 bits per heavy atom. The maximum atomic E-state index is 14.1. The van der Waals surface area contributed by atoms with Gasteiger partial charge in [-0.3, -0.25) is 4.79 Å². The topological polar surface area (TPSA) is 67.7 Å². The van der Waals surface area contributed by atoms with Crippen molar-refractivity contribution in [3.8, 4) is 5.69 Å². The van der Waals surface area contributed by atoms with E-state index >= 15 is 0 Å². The number of benzene rings is 2. The van der Waals surface area contributed by atoms with E-state index in [2.05, 4.69) is 5.10 Å². The third kappa shape index (κ3) is 4.28. The quantitative estimate of drug-likeness (QED) is 0.589. The molecule has 0 spiro atoms. The zero-order valence-electron chi connectivity index (χ0n) is 17.2. The van der Waals surface area contributed by atoms with Crippen molar-refractivity contribution in [3.05, 3.63) is 82.5 Å². The minimum Gasteiger partial charge on any atom is -0.461 e. The Kier molecular flexibility index (Phi) is 5.97. The van der Waals surface area contributed by atoms with E-state index in [1.54, 1.807) is 49.4 Å². The molecule has 0 saturated carbocycles. The lowest BCUT2D eigenvalue weighted by Crippen LogP contribution is -2.47. The van der Waals surface area contributed by atoms with Crippen molar-refractivity contribution in [3.63, 3.8) is 0 Å². The normalized spacial score (nSPS) is 13.9. The van der Waals surface area contributed by atoms with E-state index < -0.39 is 5.97 Å². The van der Waals surface area contributed by atoms with Gasteiger partial charge in [-0.1, -0.05) is 30.3 Å². The van der Waals surface area contributed by atoms with Crippen LogP contribution >= 0.6 is 0 Å². The lowest BCUT2D eigenvalue weighted by molar-refractivity contribution is 0.0518. The van der Waals surface area contributed by atoms with Gasteiger partial charge in [0.25, 0.3) is 5.56 Å². The molecule has 1 aliphatic rings. The first-order valence-electron chi connectivity index (χ1n) is 10.2. The van der Waals surface area contributed by atoms with E-state index in [1.165, 1.54) is 16.8 Å². The summed E-state index contributed by atoms with van der Waals surface area (Å²) >= 11 is 0. The van der Waals surface area contributed by atoms with Gasteiger partial charge < -0.3 is 14.5 Å². The van der Waals surface area contributed by atoms with Crippen LogP contribution in [0.1, 0.15) is 17.4 Å². The number of hydrogen-bond acceptors (Lipinski definition) is 6. The number of aromatic nitrogens is 2. The Labute approximate surface area is 179 Å². The lowest BCUT2D eigenvalue weighted by atomic mass is 10.2. The number of piperazine rings is 1. The Bertz CT molecular complexity index is 1130. The van der Waals surface area contributed by atoms with Crippen LogP contribution in [0.15, 0.2) is 65.5 Å². The highest BCUT2D eigenvalue weighted by Gasteiger charge is 2.26. The first kappa shape index (κ1) is 20.6. The number of rotatable bonds is 5. The van der Waals surface area contributed by atoms with Gasteiger partial charge in [0.2, 0.25) is 0 Å². The van der Waals surface area contributed by atoms with Crippen molar-refractivity contribution in [1.82, 2.24) is 9.78 Å². The minimum atomic E-state index is -0.585. The highest BCUT2D eigenvalue weighted by molar-refractivity contribution is 5.93. The molecule has 0 N–H and O–H groups in total. The van der Waals surface area contributed by atoms with Crippen LogP contribution in [0.5, 0.6) is 0 Å². The number of anilines is 2. The third-order valence-corrected chi connectivity index (χ3v) is 5.19. The van der Waals surface area contributed by atoms with Crippen molar-refractivity contribution in [2.45, 2.75) is 6.92 Å². The van der Waals surface area contributed by atoms with E-state index in [1.807, 2.05) is 15.9 Å². The molecule has 3 aromatic rings. The molecule has 1 saturated heterocycles. The second kappa shape index (κ2) is 8.99.